The van der Waals surface area contributed by atoms with Crippen LogP contribution in [0.15, 0.2) is 109 Å². The van der Waals surface area contributed by atoms with Gasteiger partial charge in [0.15, 0.2) is 0 Å². The van der Waals surface area contributed by atoms with Crippen LogP contribution < -0.4 is 9.47 Å². The van der Waals surface area contributed by atoms with Crippen molar-refractivity contribution in [3.8, 4) is 11.5 Å². The number of benzene rings is 4. The molecule has 0 aromatic heterocycles. The van der Waals surface area contributed by atoms with E-state index in [0.29, 0.717) is 38.3 Å². The fraction of sp³-hybridized carbons (Fsp3) is 0.386. The van der Waals surface area contributed by atoms with Gasteiger partial charge in [-0.3, -0.25) is 4.90 Å². The summed E-state index contributed by atoms with van der Waals surface area (Å²) >= 11 is 0. The molecule has 0 aliphatic carbocycles. The minimum Gasteiger partial charge on any atom is -0.490 e. The monoisotopic (exact) mass is 676 g/mol. The fourth-order valence-corrected chi connectivity index (χ4v) is 6.43. The van der Waals surface area contributed by atoms with Gasteiger partial charge in [0.05, 0.1) is 0 Å². The number of hydrogen-bond acceptors (Lipinski definition) is 4. The highest BCUT2D eigenvalue weighted by Gasteiger charge is 2.25. The van der Waals surface area contributed by atoms with E-state index in [9.17, 15) is 9.90 Å². The van der Waals surface area contributed by atoms with Gasteiger partial charge in [0, 0.05) is 35.6 Å². The Kier molecular flexibility index (Phi) is 14.1. The number of rotatable bonds is 17. The third-order valence-electron chi connectivity index (χ3n) is 9.10. The Morgan fingerprint density at radius 2 is 1.42 bits per heavy atom. The van der Waals surface area contributed by atoms with Crippen LogP contribution in [0.5, 0.6) is 11.5 Å². The molecule has 6 nitrogen and oxygen atoms in total. The van der Waals surface area contributed by atoms with Crippen LogP contribution in [-0.2, 0) is 13.0 Å². The van der Waals surface area contributed by atoms with Gasteiger partial charge in [-0.25, -0.2) is 4.79 Å². The molecular weight excluding hydrogens is 620 g/mol. The highest BCUT2D eigenvalue weighted by atomic mass is 16.5. The molecule has 50 heavy (non-hydrogen) atoms. The molecule has 0 spiro atoms. The molecule has 1 atom stereocenters. The fourth-order valence-electron chi connectivity index (χ4n) is 6.43. The highest BCUT2D eigenvalue weighted by molar-refractivity contribution is 5.66. The van der Waals surface area contributed by atoms with Crippen LogP contribution in [0.1, 0.15) is 88.6 Å². The topological polar surface area (TPSA) is 62.2 Å². The Hall–Kier alpha value is -4.55. The first-order valence-electron chi connectivity index (χ1n) is 17.9. The van der Waals surface area contributed by atoms with Crippen LogP contribution >= 0.6 is 0 Å². The molecule has 4 rings (SSSR count). The molecule has 0 aliphatic rings. The Balaban J connectivity index is 1.50. The second-order valence-electron chi connectivity index (χ2n) is 14.5. The SMILES string of the molecule is CC(C)N(CC[C@H](c1ccccc1)c1cc(/C=C/COc2ccc(CCN(C(=O)O)C(C)(C)C)cc2)ccc1OCc1ccccc1)C(C)C. The Morgan fingerprint density at radius 3 is 2.02 bits per heavy atom. The average Bonchev–Trinajstić information content (AvgIpc) is 3.08. The second-order valence-corrected chi connectivity index (χ2v) is 14.5. The molecular formula is C44H56N2O4. The Morgan fingerprint density at radius 1 is 0.780 bits per heavy atom. The first-order chi connectivity index (χ1) is 23.9. The molecule has 0 heterocycles. The van der Waals surface area contributed by atoms with Gasteiger partial charge in [-0.15, -0.1) is 0 Å². The Bertz CT molecular complexity index is 1620. The van der Waals surface area contributed by atoms with E-state index < -0.39 is 11.6 Å². The van der Waals surface area contributed by atoms with E-state index in [1.807, 2.05) is 69.3 Å². The zero-order chi connectivity index (χ0) is 36.1. The van der Waals surface area contributed by atoms with Crippen molar-refractivity contribution in [3.05, 3.63) is 137 Å². The smallest absolute Gasteiger partial charge is 0.407 e. The van der Waals surface area contributed by atoms with Gasteiger partial charge in [-0.1, -0.05) is 84.9 Å². The molecule has 0 radical (unpaired) electrons. The molecule has 0 saturated carbocycles. The van der Waals surface area contributed by atoms with Gasteiger partial charge in [0.2, 0.25) is 0 Å². The number of hydrogen-bond donors (Lipinski definition) is 1. The number of amides is 1. The van der Waals surface area contributed by atoms with Gasteiger partial charge in [0.1, 0.15) is 24.7 Å². The summed E-state index contributed by atoms with van der Waals surface area (Å²) in [6.45, 7) is 17.2. The summed E-state index contributed by atoms with van der Waals surface area (Å²) in [7, 11) is 0. The number of carbonyl (C=O) groups is 1. The first-order valence-corrected chi connectivity index (χ1v) is 17.9. The molecule has 0 unspecified atom stereocenters. The van der Waals surface area contributed by atoms with Crippen molar-refractivity contribution in [2.45, 2.75) is 91.5 Å². The lowest BCUT2D eigenvalue weighted by Gasteiger charge is -2.33. The average molecular weight is 677 g/mol. The molecule has 266 valence electrons. The van der Waals surface area contributed by atoms with Crippen LogP contribution in [0, 0.1) is 0 Å². The van der Waals surface area contributed by atoms with Crippen LogP contribution in [-0.4, -0.2) is 58.3 Å². The third kappa shape index (κ3) is 11.5. The number of ether oxygens (including phenoxy) is 2. The van der Waals surface area contributed by atoms with Crippen molar-refractivity contribution in [1.82, 2.24) is 9.80 Å². The molecule has 6 heteroatoms. The van der Waals surface area contributed by atoms with Crippen LogP contribution in [0.4, 0.5) is 4.79 Å². The van der Waals surface area contributed by atoms with E-state index in [1.165, 1.54) is 16.0 Å². The maximum atomic E-state index is 11.7. The Labute approximate surface area is 300 Å². The van der Waals surface area contributed by atoms with E-state index in [0.717, 1.165) is 41.2 Å². The van der Waals surface area contributed by atoms with Crippen LogP contribution in [0.3, 0.4) is 0 Å². The maximum Gasteiger partial charge on any atom is 0.407 e. The van der Waals surface area contributed by atoms with Gasteiger partial charge < -0.3 is 19.5 Å². The molecule has 4 aromatic rings. The predicted molar refractivity (Wildman–Crippen MR) is 206 cm³/mol. The van der Waals surface area contributed by atoms with E-state index in [4.69, 9.17) is 9.47 Å². The number of carboxylic acid groups (broad SMARTS) is 1. The third-order valence-corrected chi connectivity index (χ3v) is 9.10. The van der Waals surface area contributed by atoms with Gasteiger partial charge in [-0.05, 0) is 120 Å². The molecule has 4 aromatic carbocycles. The summed E-state index contributed by atoms with van der Waals surface area (Å²) < 4.78 is 12.6. The molecule has 0 fully saturated rings. The van der Waals surface area contributed by atoms with E-state index >= 15 is 0 Å². The summed E-state index contributed by atoms with van der Waals surface area (Å²) in [6.07, 6.45) is 4.88. The zero-order valence-electron chi connectivity index (χ0n) is 31.0. The van der Waals surface area contributed by atoms with Crippen molar-refractivity contribution in [3.63, 3.8) is 0 Å². The van der Waals surface area contributed by atoms with Crippen LogP contribution in [0.25, 0.3) is 6.08 Å². The first kappa shape index (κ1) is 38.3. The molecule has 1 amide bonds. The minimum atomic E-state index is -0.898. The van der Waals surface area contributed by atoms with E-state index in [-0.39, 0.29) is 5.92 Å². The lowest BCUT2D eigenvalue weighted by atomic mass is 9.86. The standard InChI is InChI=1S/C44H56N2O4/c1-33(2)45(34(3)4)28-27-40(38-18-12-9-13-19-38)41-31-36(22-25-42(41)50-32-37-15-10-8-11-16-37)17-14-30-49-39-23-20-35(21-24-39)26-29-46(43(47)48)44(5,6)7/h8-25,31,33-34,40H,26-30,32H2,1-7H3,(H,47,48)/b17-14+/t40-/m1/s1. The predicted octanol–water partition coefficient (Wildman–Crippen LogP) is 10.3. The largest absolute Gasteiger partial charge is 0.490 e. The minimum absolute atomic E-state index is 0.163. The van der Waals surface area contributed by atoms with Crippen LogP contribution in [0.2, 0.25) is 0 Å². The van der Waals surface area contributed by atoms with Gasteiger partial charge >= 0.3 is 6.09 Å². The highest BCUT2D eigenvalue weighted by Crippen LogP contribution is 2.36. The van der Waals surface area contributed by atoms with E-state index in [2.05, 4.69) is 99.3 Å². The van der Waals surface area contributed by atoms with E-state index in [1.54, 1.807) is 0 Å². The normalized spacial score (nSPS) is 12.5. The summed E-state index contributed by atoms with van der Waals surface area (Å²) in [6, 6.07) is 36.4. The van der Waals surface area contributed by atoms with Crippen molar-refractivity contribution < 1.29 is 19.4 Å². The van der Waals surface area contributed by atoms with Crippen molar-refractivity contribution in [2.75, 3.05) is 19.7 Å². The maximum absolute atomic E-state index is 11.7. The summed E-state index contributed by atoms with van der Waals surface area (Å²) in [4.78, 5) is 15.7. The van der Waals surface area contributed by atoms with Gasteiger partial charge in [-0.2, -0.15) is 0 Å². The lowest BCUT2D eigenvalue weighted by molar-refractivity contribution is 0.101. The zero-order valence-corrected chi connectivity index (χ0v) is 31.0. The summed E-state index contributed by atoms with van der Waals surface area (Å²) in [5, 5.41) is 9.58. The quantitative estimate of drug-likeness (QED) is 0.121. The molecule has 0 bridgehead atoms. The van der Waals surface area contributed by atoms with Gasteiger partial charge in [0.25, 0.3) is 0 Å². The van der Waals surface area contributed by atoms with Crippen molar-refractivity contribution in [2.24, 2.45) is 0 Å². The molecule has 1 N–H and O–H groups in total. The van der Waals surface area contributed by atoms with Crippen molar-refractivity contribution in [1.29, 1.82) is 0 Å². The molecule has 0 saturated heterocycles. The van der Waals surface area contributed by atoms with Crippen molar-refractivity contribution >= 4 is 12.2 Å². The molecule has 0 aliphatic heterocycles. The second kappa shape index (κ2) is 18.4. The summed E-state index contributed by atoms with van der Waals surface area (Å²) in [5.41, 5.74) is 5.34. The lowest BCUT2D eigenvalue weighted by Crippen LogP contribution is -2.45. The summed E-state index contributed by atoms with van der Waals surface area (Å²) in [5.74, 6) is 1.85. The number of nitrogens with zero attached hydrogens (tertiary/aromatic N) is 2.